The van der Waals surface area contributed by atoms with Crippen LogP contribution >= 0.6 is 34.7 Å². The van der Waals surface area contributed by atoms with E-state index < -0.39 is 15.6 Å². The minimum atomic E-state index is -3.67. The van der Waals surface area contributed by atoms with Gasteiger partial charge in [0.2, 0.25) is 0 Å². The van der Waals surface area contributed by atoms with Crippen LogP contribution in [0.15, 0.2) is 4.21 Å². The molecule has 0 fully saturated rings. The molecule has 1 aromatic rings. The zero-order chi connectivity index (χ0) is 14.0. The van der Waals surface area contributed by atoms with E-state index in [2.05, 4.69) is 9.71 Å². The number of aromatic nitrogens is 1. The molecule has 0 amide bonds. The van der Waals surface area contributed by atoms with Crippen molar-refractivity contribution in [2.75, 3.05) is 18.6 Å². The summed E-state index contributed by atoms with van der Waals surface area (Å²) in [4.78, 5) is 3.86. The van der Waals surface area contributed by atoms with Crippen molar-refractivity contribution < 1.29 is 13.5 Å². The van der Waals surface area contributed by atoms with Gasteiger partial charge in [-0.1, -0.05) is 22.9 Å². The first-order valence-electron chi connectivity index (χ1n) is 5.02. The van der Waals surface area contributed by atoms with Crippen LogP contribution in [0.5, 0.6) is 0 Å². The molecule has 104 valence electrons. The number of nitrogens with zero attached hydrogens (tertiary/aromatic N) is 1. The summed E-state index contributed by atoms with van der Waals surface area (Å²) in [5, 5.41) is 9.91. The molecule has 0 radical (unpaired) electrons. The standard InChI is InChI=1S/C9H15ClN2O3S3/c1-6-7(17-8(10)12-6)18(14,15)11-4-9(2,13)5-16-3/h11,13H,4-5H2,1-3H3. The van der Waals surface area contributed by atoms with Crippen LogP contribution in [0.3, 0.4) is 0 Å². The SMILES string of the molecule is CSCC(C)(O)CNS(=O)(=O)c1sc(Cl)nc1C. The van der Waals surface area contributed by atoms with Gasteiger partial charge in [-0.05, 0) is 20.1 Å². The van der Waals surface area contributed by atoms with Crippen LogP contribution in [0.25, 0.3) is 0 Å². The molecule has 1 aromatic heterocycles. The Morgan fingerprint density at radius 2 is 2.22 bits per heavy atom. The van der Waals surface area contributed by atoms with Crippen molar-refractivity contribution in [1.29, 1.82) is 0 Å². The number of hydrogen-bond acceptors (Lipinski definition) is 6. The van der Waals surface area contributed by atoms with Crippen LogP contribution in [0, 0.1) is 6.92 Å². The van der Waals surface area contributed by atoms with Crippen molar-refractivity contribution in [3.63, 3.8) is 0 Å². The Morgan fingerprint density at radius 1 is 1.61 bits per heavy atom. The molecule has 0 saturated heterocycles. The first-order chi connectivity index (χ1) is 8.18. The molecule has 1 atom stereocenters. The van der Waals surface area contributed by atoms with E-state index in [1.165, 1.54) is 11.8 Å². The quantitative estimate of drug-likeness (QED) is 0.826. The third kappa shape index (κ3) is 4.36. The van der Waals surface area contributed by atoms with E-state index in [1.54, 1.807) is 13.8 Å². The van der Waals surface area contributed by atoms with E-state index in [-0.39, 0.29) is 15.2 Å². The lowest BCUT2D eigenvalue weighted by molar-refractivity contribution is 0.0909. The summed E-state index contributed by atoms with van der Waals surface area (Å²) in [6.07, 6.45) is 1.84. The molecule has 0 spiro atoms. The monoisotopic (exact) mass is 330 g/mol. The van der Waals surface area contributed by atoms with Crippen molar-refractivity contribution in [3.05, 3.63) is 10.2 Å². The Bertz CT molecular complexity index is 513. The molecule has 1 heterocycles. The highest BCUT2D eigenvalue weighted by Gasteiger charge is 2.26. The van der Waals surface area contributed by atoms with Crippen LogP contribution in [-0.4, -0.2) is 42.7 Å². The molecule has 1 rings (SSSR count). The van der Waals surface area contributed by atoms with E-state index >= 15 is 0 Å². The zero-order valence-electron chi connectivity index (χ0n) is 10.2. The summed E-state index contributed by atoms with van der Waals surface area (Å²) in [5.74, 6) is 0.442. The predicted molar refractivity (Wildman–Crippen MR) is 76.1 cm³/mol. The maximum Gasteiger partial charge on any atom is 0.252 e. The fraction of sp³-hybridized carbons (Fsp3) is 0.667. The average Bonchev–Trinajstić information content (AvgIpc) is 2.56. The van der Waals surface area contributed by atoms with E-state index in [0.717, 1.165) is 11.3 Å². The molecule has 2 N–H and O–H groups in total. The number of thiazole rings is 1. The van der Waals surface area contributed by atoms with Gasteiger partial charge in [-0.3, -0.25) is 0 Å². The minimum Gasteiger partial charge on any atom is -0.388 e. The highest BCUT2D eigenvalue weighted by atomic mass is 35.5. The van der Waals surface area contributed by atoms with Gasteiger partial charge in [-0.2, -0.15) is 11.8 Å². The average molecular weight is 331 g/mol. The van der Waals surface area contributed by atoms with E-state index in [0.29, 0.717) is 11.4 Å². The van der Waals surface area contributed by atoms with Gasteiger partial charge in [-0.15, -0.1) is 0 Å². The molecule has 0 bridgehead atoms. The summed E-state index contributed by atoms with van der Waals surface area (Å²) in [6.45, 7) is 3.11. The van der Waals surface area contributed by atoms with E-state index in [9.17, 15) is 13.5 Å². The molecule has 1 unspecified atom stereocenters. The van der Waals surface area contributed by atoms with Gasteiger partial charge in [0.1, 0.15) is 0 Å². The van der Waals surface area contributed by atoms with Gasteiger partial charge in [0, 0.05) is 12.3 Å². The number of thioether (sulfide) groups is 1. The van der Waals surface area contributed by atoms with Gasteiger partial charge in [0.15, 0.2) is 8.68 Å². The second kappa shape index (κ2) is 6.06. The predicted octanol–water partition coefficient (Wildman–Crippen LogP) is 1.50. The number of sulfonamides is 1. The molecular weight excluding hydrogens is 316 g/mol. The Kier molecular flexibility index (Phi) is 5.45. The maximum absolute atomic E-state index is 12.0. The third-order valence-corrected chi connectivity index (χ3v) is 6.25. The van der Waals surface area contributed by atoms with E-state index in [4.69, 9.17) is 11.6 Å². The second-order valence-electron chi connectivity index (χ2n) is 4.09. The molecule has 0 aliphatic carbocycles. The van der Waals surface area contributed by atoms with Gasteiger partial charge in [0.05, 0.1) is 11.3 Å². The number of nitrogens with one attached hydrogen (secondary N) is 1. The fourth-order valence-corrected chi connectivity index (χ4v) is 4.95. The van der Waals surface area contributed by atoms with Crippen molar-refractivity contribution in [2.45, 2.75) is 23.7 Å². The largest absolute Gasteiger partial charge is 0.388 e. The summed E-state index contributed by atoms with van der Waals surface area (Å²) < 4.78 is 26.6. The van der Waals surface area contributed by atoms with Gasteiger partial charge in [-0.25, -0.2) is 18.1 Å². The normalized spacial score (nSPS) is 15.6. The Morgan fingerprint density at radius 3 is 2.67 bits per heavy atom. The third-order valence-electron chi connectivity index (χ3n) is 2.07. The van der Waals surface area contributed by atoms with Crippen LogP contribution in [0.2, 0.25) is 4.47 Å². The van der Waals surface area contributed by atoms with Crippen molar-refractivity contribution in [3.8, 4) is 0 Å². The lowest BCUT2D eigenvalue weighted by Crippen LogP contribution is -2.42. The highest BCUT2D eigenvalue weighted by Crippen LogP contribution is 2.26. The molecule has 0 aliphatic heterocycles. The summed E-state index contributed by atoms with van der Waals surface area (Å²) in [6, 6.07) is 0. The Labute approximate surface area is 120 Å². The summed E-state index contributed by atoms with van der Waals surface area (Å²) >= 11 is 8.02. The first-order valence-corrected chi connectivity index (χ1v) is 9.09. The number of rotatable bonds is 6. The topological polar surface area (TPSA) is 79.3 Å². The number of halogens is 1. The number of aliphatic hydroxyl groups is 1. The molecule has 0 aliphatic rings. The van der Waals surface area contributed by atoms with Crippen molar-refractivity contribution in [2.24, 2.45) is 0 Å². The van der Waals surface area contributed by atoms with Crippen molar-refractivity contribution in [1.82, 2.24) is 9.71 Å². The Hall–Kier alpha value is 0.140. The zero-order valence-corrected chi connectivity index (χ0v) is 13.4. The van der Waals surface area contributed by atoms with Gasteiger partial charge < -0.3 is 5.11 Å². The molecule has 18 heavy (non-hydrogen) atoms. The minimum absolute atomic E-state index is 0.0505. The van der Waals surface area contributed by atoms with Crippen molar-refractivity contribution >= 4 is 44.7 Å². The van der Waals surface area contributed by atoms with Crippen LogP contribution in [0.4, 0.5) is 0 Å². The van der Waals surface area contributed by atoms with Gasteiger partial charge in [0.25, 0.3) is 10.0 Å². The lowest BCUT2D eigenvalue weighted by atomic mass is 10.1. The molecule has 0 saturated carbocycles. The molecular formula is C9H15ClN2O3S3. The van der Waals surface area contributed by atoms with Crippen LogP contribution in [0.1, 0.15) is 12.6 Å². The summed E-state index contributed by atoms with van der Waals surface area (Å²) in [7, 11) is -3.67. The first kappa shape index (κ1) is 16.2. The molecule has 5 nitrogen and oxygen atoms in total. The smallest absolute Gasteiger partial charge is 0.252 e. The highest BCUT2D eigenvalue weighted by molar-refractivity contribution is 7.98. The Balaban J connectivity index is 2.81. The van der Waals surface area contributed by atoms with E-state index in [1.807, 2.05) is 6.26 Å². The number of hydrogen-bond donors (Lipinski definition) is 2. The molecule has 0 aromatic carbocycles. The maximum atomic E-state index is 12.0. The summed E-state index contributed by atoms with van der Waals surface area (Å²) in [5.41, 5.74) is -0.725. The lowest BCUT2D eigenvalue weighted by Gasteiger charge is -2.22. The molecule has 9 heteroatoms. The number of aryl methyl sites for hydroxylation is 1. The van der Waals surface area contributed by atoms with Gasteiger partial charge >= 0.3 is 0 Å². The van der Waals surface area contributed by atoms with Crippen LogP contribution < -0.4 is 4.72 Å². The van der Waals surface area contributed by atoms with Crippen LogP contribution in [-0.2, 0) is 10.0 Å². The fourth-order valence-electron chi connectivity index (χ4n) is 1.28. The second-order valence-corrected chi connectivity index (χ2v) is 8.50.